The summed E-state index contributed by atoms with van der Waals surface area (Å²) in [5.74, 6) is 0. The predicted octanol–water partition coefficient (Wildman–Crippen LogP) is 3.65. The molecular formula is C14H17N3OS. The summed E-state index contributed by atoms with van der Waals surface area (Å²) in [5, 5.41) is 8.59. The van der Waals surface area contributed by atoms with E-state index in [0.29, 0.717) is 0 Å². The van der Waals surface area contributed by atoms with E-state index in [4.69, 9.17) is 0 Å². The van der Waals surface area contributed by atoms with Gasteiger partial charge in [-0.15, -0.1) is 11.3 Å². The summed E-state index contributed by atoms with van der Waals surface area (Å²) in [6.07, 6.45) is 0. The topological polar surface area (TPSA) is 54.0 Å². The lowest BCUT2D eigenvalue weighted by atomic mass is 10.2. The molecule has 0 bridgehead atoms. The highest BCUT2D eigenvalue weighted by Gasteiger charge is 2.05. The van der Waals surface area contributed by atoms with E-state index in [1.165, 1.54) is 0 Å². The molecule has 1 aromatic carbocycles. The van der Waals surface area contributed by atoms with Crippen LogP contribution < -0.4 is 10.6 Å². The summed E-state index contributed by atoms with van der Waals surface area (Å²) in [7, 11) is 0. The summed E-state index contributed by atoms with van der Waals surface area (Å²) in [5.41, 5.74) is 2.86. The number of hydrogen-bond donors (Lipinski definition) is 2. The van der Waals surface area contributed by atoms with E-state index in [2.05, 4.69) is 15.6 Å². The van der Waals surface area contributed by atoms with Crippen molar-refractivity contribution in [2.45, 2.75) is 26.8 Å². The van der Waals surface area contributed by atoms with Gasteiger partial charge in [0.1, 0.15) is 5.01 Å². The Morgan fingerprint density at radius 2 is 1.95 bits per heavy atom. The van der Waals surface area contributed by atoms with Crippen molar-refractivity contribution in [2.24, 2.45) is 0 Å². The second-order valence-electron chi connectivity index (χ2n) is 4.62. The van der Waals surface area contributed by atoms with Crippen molar-refractivity contribution in [3.8, 4) is 10.6 Å². The predicted molar refractivity (Wildman–Crippen MR) is 79.6 cm³/mol. The van der Waals surface area contributed by atoms with Gasteiger partial charge in [-0.3, -0.25) is 0 Å². The van der Waals surface area contributed by atoms with E-state index in [1.807, 2.05) is 50.4 Å². The smallest absolute Gasteiger partial charge is 0.319 e. The van der Waals surface area contributed by atoms with E-state index < -0.39 is 0 Å². The Morgan fingerprint density at radius 3 is 2.47 bits per heavy atom. The van der Waals surface area contributed by atoms with Gasteiger partial charge in [-0.2, -0.15) is 0 Å². The number of aromatic nitrogens is 1. The van der Waals surface area contributed by atoms with Crippen molar-refractivity contribution in [2.75, 3.05) is 5.32 Å². The van der Waals surface area contributed by atoms with Crippen LogP contribution in [0.5, 0.6) is 0 Å². The molecule has 0 saturated heterocycles. The van der Waals surface area contributed by atoms with Gasteiger partial charge in [0.15, 0.2) is 0 Å². The highest BCUT2D eigenvalue weighted by atomic mass is 32.1. The molecule has 0 aliphatic rings. The standard InChI is InChI=1S/C14H17N3OS/c1-9(2)15-14(18)17-12-6-4-11(5-7-12)13-16-10(3)8-19-13/h4-9H,1-3H3,(H2,15,17,18). The molecule has 2 amide bonds. The highest BCUT2D eigenvalue weighted by Crippen LogP contribution is 2.24. The van der Waals surface area contributed by atoms with Gasteiger partial charge in [0, 0.05) is 28.4 Å². The third-order valence-corrected chi connectivity index (χ3v) is 3.44. The summed E-state index contributed by atoms with van der Waals surface area (Å²) in [6.45, 7) is 5.83. The number of rotatable bonds is 3. The number of nitrogens with zero attached hydrogens (tertiary/aromatic N) is 1. The molecule has 100 valence electrons. The number of anilines is 1. The molecule has 1 heterocycles. The van der Waals surface area contributed by atoms with E-state index in [0.717, 1.165) is 22.0 Å². The molecule has 0 fully saturated rings. The Kier molecular flexibility index (Phi) is 4.16. The van der Waals surface area contributed by atoms with Crippen molar-refractivity contribution in [3.63, 3.8) is 0 Å². The van der Waals surface area contributed by atoms with Crippen LogP contribution in [0, 0.1) is 6.92 Å². The number of aryl methyl sites for hydroxylation is 1. The molecule has 0 aliphatic heterocycles. The molecule has 4 nitrogen and oxygen atoms in total. The van der Waals surface area contributed by atoms with Gasteiger partial charge in [-0.1, -0.05) is 0 Å². The lowest BCUT2D eigenvalue weighted by molar-refractivity contribution is 0.250. The molecule has 0 unspecified atom stereocenters. The van der Waals surface area contributed by atoms with E-state index in [1.54, 1.807) is 11.3 Å². The Morgan fingerprint density at radius 1 is 1.26 bits per heavy atom. The minimum Gasteiger partial charge on any atom is -0.336 e. The number of benzene rings is 1. The van der Waals surface area contributed by atoms with Crippen LogP contribution in [0.4, 0.5) is 10.5 Å². The number of carbonyl (C=O) groups excluding carboxylic acids is 1. The number of urea groups is 1. The highest BCUT2D eigenvalue weighted by molar-refractivity contribution is 7.13. The molecular weight excluding hydrogens is 258 g/mol. The summed E-state index contributed by atoms with van der Waals surface area (Å²) >= 11 is 1.62. The van der Waals surface area contributed by atoms with Crippen molar-refractivity contribution in [3.05, 3.63) is 35.3 Å². The van der Waals surface area contributed by atoms with Crippen molar-refractivity contribution in [1.82, 2.24) is 10.3 Å². The number of thiazole rings is 1. The molecule has 0 aliphatic carbocycles. The zero-order valence-corrected chi connectivity index (χ0v) is 12.0. The number of nitrogens with one attached hydrogen (secondary N) is 2. The second kappa shape index (κ2) is 5.84. The van der Waals surface area contributed by atoms with Crippen LogP contribution in [0.3, 0.4) is 0 Å². The van der Waals surface area contributed by atoms with Crippen LogP contribution >= 0.6 is 11.3 Å². The van der Waals surface area contributed by atoms with Crippen LogP contribution in [0.25, 0.3) is 10.6 Å². The van der Waals surface area contributed by atoms with E-state index >= 15 is 0 Å². The van der Waals surface area contributed by atoms with Crippen LogP contribution in [0.1, 0.15) is 19.5 Å². The first kappa shape index (κ1) is 13.5. The minimum absolute atomic E-state index is 0.123. The first-order valence-corrected chi connectivity index (χ1v) is 7.02. The van der Waals surface area contributed by atoms with E-state index in [9.17, 15) is 4.79 Å². The van der Waals surface area contributed by atoms with E-state index in [-0.39, 0.29) is 12.1 Å². The van der Waals surface area contributed by atoms with Gasteiger partial charge in [0.2, 0.25) is 0 Å². The molecule has 0 radical (unpaired) electrons. The van der Waals surface area contributed by atoms with Crippen molar-refractivity contribution >= 4 is 23.1 Å². The molecule has 0 spiro atoms. The Bertz CT molecular complexity index is 560. The lowest BCUT2D eigenvalue weighted by Gasteiger charge is -2.10. The fraction of sp³-hybridized carbons (Fsp3) is 0.286. The van der Waals surface area contributed by atoms with Gasteiger partial charge in [0.25, 0.3) is 0 Å². The third kappa shape index (κ3) is 3.79. The van der Waals surface area contributed by atoms with Crippen LogP contribution in [-0.4, -0.2) is 17.1 Å². The van der Waals surface area contributed by atoms with Gasteiger partial charge >= 0.3 is 6.03 Å². The van der Waals surface area contributed by atoms with Crippen LogP contribution in [0.2, 0.25) is 0 Å². The summed E-state index contributed by atoms with van der Waals surface area (Å²) in [4.78, 5) is 16.0. The summed E-state index contributed by atoms with van der Waals surface area (Å²) < 4.78 is 0. The van der Waals surface area contributed by atoms with Gasteiger partial charge in [-0.05, 0) is 45.0 Å². The average molecular weight is 275 g/mol. The van der Waals surface area contributed by atoms with Gasteiger partial charge in [-0.25, -0.2) is 9.78 Å². The number of amides is 2. The number of hydrogen-bond acceptors (Lipinski definition) is 3. The quantitative estimate of drug-likeness (QED) is 0.898. The SMILES string of the molecule is Cc1csc(-c2ccc(NC(=O)NC(C)C)cc2)n1. The molecule has 2 N–H and O–H groups in total. The maximum absolute atomic E-state index is 11.5. The molecule has 19 heavy (non-hydrogen) atoms. The largest absolute Gasteiger partial charge is 0.336 e. The molecule has 1 aromatic heterocycles. The molecule has 0 atom stereocenters. The van der Waals surface area contributed by atoms with Crippen molar-refractivity contribution < 1.29 is 4.79 Å². The zero-order chi connectivity index (χ0) is 13.8. The average Bonchev–Trinajstić information content (AvgIpc) is 2.75. The van der Waals surface area contributed by atoms with Crippen LogP contribution in [0.15, 0.2) is 29.6 Å². The van der Waals surface area contributed by atoms with Crippen molar-refractivity contribution in [1.29, 1.82) is 0 Å². The molecule has 5 heteroatoms. The lowest BCUT2D eigenvalue weighted by Crippen LogP contribution is -2.34. The maximum Gasteiger partial charge on any atom is 0.319 e. The molecule has 2 rings (SSSR count). The maximum atomic E-state index is 11.5. The molecule has 0 saturated carbocycles. The second-order valence-corrected chi connectivity index (χ2v) is 5.48. The number of carbonyl (C=O) groups is 1. The Balaban J connectivity index is 2.04. The Labute approximate surface area is 116 Å². The molecule has 2 aromatic rings. The monoisotopic (exact) mass is 275 g/mol. The zero-order valence-electron chi connectivity index (χ0n) is 11.2. The van der Waals surface area contributed by atoms with Crippen LogP contribution in [-0.2, 0) is 0 Å². The summed E-state index contributed by atoms with van der Waals surface area (Å²) in [6, 6.07) is 7.62. The first-order chi connectivity index (χ1) is 9.04. The normalized spacial score (nSPS) is 10.5. The first-order valence-electron chi connectivity index (χ1n) is 6.14. The third-order valence-electron chi connectivity index (χ3n) is 2.43. The van der Waals surface area contributed by atoms with Gasteiger partial charge < -0.3 is 10.6 Å². The fourth-order valence-corrected chi connectivity index (χ4v) is 2.42. The fourth-order valence-electron chi connectivity index (χ4n) is 1.61. The Hall–Kier alpha value is -1.88. The minimum atomic E-state index is -0.187. The van der Waals surface area contributed by atoms with Gasteiger partial charge in [0.05, 0.1) is 0 Å².